The minimum atomic E-state index is 0.429. The molecule has 1 N–H and O–H groups in total. The zero-order valence-electron chi connectivity index (χ0n) is 10.1. The predicted molar refractivity (Wildman–Crippen MR) is 65.9 cm³/mol. The average molecular weight is 231 g/mol. The lowest BCUT2D eigenvalue weighted by molar-refractivity contribution is 0.104. The zero-order chi connectivity index (χ0) is 11.7. The number of rotatable bonds is 3. The van der Waals surface area contributed by atoms with Gasteiger partial charge in [0.25, 0.3) is 0 Å². The number of aromatic nitrogens is 3. The Hall–Kier alpha value is -1.42. The van der Waals surface area contributed by atoms with Gasteiger partial charge in [-0.2, -0.15) is 0 Å². The summed E-state index contributed by atoms with van der Waals surface area (Å²) in [6, 6.07) is 2.09. The van der Waals surface area contributed by atoms with E-state index in [1.165, 1.54) is 12.8 Å². The molecule has 0 saturated carbocycles. The summed E-state index contributed by atoms with van der Waals surface area (Å²) in [5, 5.41) is 0. The number of hydrogen-bond donors (Lipinski definition) is 1. The number of H-pyrrole nitrogens is 1. The van der Waals surface area contributed by atoms with E-state index >= 15 is 0 Å². The second kappa shape index (κ2) is 4.45. The lowest BCUT2D eigenvalue weighted by Gasteiger charge is -2.06. The lowest BCUT2D eigenvalue weighted by atomic mass is 10.1. The largest absolute Gasteiger partial charge is 0.378 e. The maximum Gasteiger partial charge on any atom is 0.177 e. The number of nitrogens with one attached hydrogen (secondary N) is 1. The fourth-order valence-electron chi connectivity index (χ4n) is 2.34. The maximum atomic E-state index is 5.61. The van der Waals surface area contributed by atoms with Crippen molar-refractivity contribution in [2.75, 3.05) is 6.61 Å². The first-order valence-electron chi connectivity index (χ1n) is 6.24. The van der Waals surface area contributed by atoms with Crippen molar-refractivity contribution in [1.82, 2.24) is 15.0 Å². The molecule has 1 saturated heterocycles. The maximum absolute atomic E-state index is 5.61. The van der Waals surface area contributed by atoms with E-state index in [1.807, 2.05) is 13.1 Å². The highest BCUT2D eigenvalue weighted by Crippen LogP contribution is 2.18. The van der Waals surface area contributed by atoms with Crippen LogP contribution in [0.3, 0.4) is 0 Å². The predicted octanol–water partition coefficient (Wildman–Crippen LogP) is 2.38. The Bertz CT molecular complexity index is 514. The molecule has 0 bridgehead atoms. The zero-order valence-corrected chi connectivity index (χ0v) is 10.1. The minimum Gasteiger partial charge on any atom is -0.378 e. The smallest absolute Gasteiger partial charge is 0.177 e. The van der Waals surface area contributed by atoms with Gasteiger partial charge in [-0.05, 0) is 37.8 Å². The molecule has 4 heteroatoms. The van der Waals surface area contributed by atoms with E-state index in [9.17, 15) is 0 Å². The van der Waals surface area contributed by atoms with Crippen LogP contribution in [0.4, 0.5) is 0 Å². The molecule has 1 atom stereocenters. The van der Waals surface area contributed by atoms with Gasteiger partial charge in [0.1, 0.15) is 5.82 Å². The molecule has 90 valence electrons. The summed E-state index contributed by atoms with van der Waals surface area (Å²) in [5.41, 5.74) is 3.01. The second-order valence-electron chi connectivity index (χ2n) is 4.74. The molecule has 0 aliphatic carbocycles. The highest BCUT2D eigenvalue weighted by molar-refractivity contribution is 5.70. The number of ether oxygens (including phenoxy) is 1. The molecule has 0 radical (unpaired) electrons. The molecule has 0 amide bonds. The third kappa shape index (κ3) is 2.31. The van der Waals surface area contributed by atoms with Crippen LogP contribution >= 0.6 is 0 Å². The van der Waals surface area contributed by atoms with Gasteiger partial charge >= 0.3 is 0 Å². The number of aromatic amines is 1. The molecule has 0 spiro atoms. The number of nitrogens with zero attached hydrogens (tertiary/aromatic N) is 2. The number of aryl methyl sites for hydroxylation is 2. The normalized spacial score (nSPS) is 20.2. The summed E-state index contributed by atoms with van der Waals surface area (Å²) in [4.78, 5) is 12.1. The second-order valence-corrected chi connectivity index (χ2v) is 4.74. The van der Waals surface area contributed by atoms with Crippen molar-refractivity contribution < 1.29 is 4.74 Å². The molecule has 1 unspecified atom stereocenters. The number of imidazole rings is 1. The number of pyridine rings is 1. The SMILES string of the molecule is Cc1cnc2nc(CCC3CCCO3)[nH]c2c1. The van der Waals surface area contributed by atoms with E-state index in [2.05, 4.69) is 21.0 Å². The van der Waals surface area contributed by atoms with Crippen molar-refractivity contribution in [1.29, 1.82) is 0 Å². The van der Waals surface area contributed by atoms with Crippen molar-refractivity contribution >= 4 is 11.2 Å². The molecule has 2 aromatic heterocycles. The fraction of sp³-hybridized carbons (Fsp3) is 0.538. The highest BCUT2D eigenvalue weighted by Gasteiger charge is 2.16. The first-order valence-corrected chi connectivity index (χ1v) is 6.24. The molecular formula is C13H17N3O. The Morgan fingerprint density at radius 3 is 3.29 bits per heavy atom. The summed E-state index contributed by atoms with van der Waals surface area (Å²) in [5.74, 6) is 1.02. The van der Waals surface area contributed by atoms with Crippen LogP contribution in [-0.2, 0) is 11.2 Å². The average Bonchev–Trinajstić information content (AvgIpc) is 2.94. The van der Waals surface area contributed by atoms with E-state index < -0.39 is 0 Å². The van der Waals surface area contributed by atoms with Crippen molar-refractivity contribution in [2.45, 2.75) is 38.7 Å². The van der Waals surface area contributed by atoms with Crippen molar-refractivity contribution in [3.8, 4) is 0 Å². The molecule has 1 aliphatic heterocycles. The van der Waals surface area contributed by atoms with Crippen molar-refractivity contribution in [3.05, 3.63) is 23.7 Å². The van der Waals surface area contributed by atoms with E-state index in [1.54, 1.807) is 0 Å². The van der Waals surface area contributed by atoms with Crippen LogP contribution in [0.2, 0.25) is 0 Å². The van der Waals surface area contributed by atoms with Gasteiger partial charge < -0.3 is 9.72 Å². The summed E-state index contributed by atoms with van der Waals surface area (Å²) in [7, 11) is 0. The van der Waals surface area contributed by atoms with Crippen LogP contribution in [0.15, 0.2) is 12.3 Å². The topological polar surface area (TPSA) is 50.8 Å². The van der Waals surface area contributed by atoms with Gasteiger partial charge in [0.05, 0.1) is 11.6 Å². The fourth-order valence-corrected chi connectivity index (χ4v) is 2.34. The van der Waals surface area contributed by atoms with Crippen LogP contribution < -0.4 is 0 Å². The summed E-state index contributed by atoms with van der Waals surface area (Å²) < 4.78 is 5.61. The molecule has 3 rings (SSSR count). The number of hydrogen-bond acceptors (Lipinski definition) is 3. The molecule has 1 fully saturated rings. The van der Waals surface area contributed by atoms with E-state index in [0.29, 0.717) is 6.10 Å². The van der Waals surface area contributed by atoms with E-state index in [-0.39, 0.29) is 0 Å². The van der Waals surface area contributed by atoms with Gasteiger partial charge in [0, 0.05) is 19.2 Å². The monoisotopic (exact) mass is 231 g/mol. The third-order valence-corrected chi connectivity index (χ3v) is 3.25. The van der Waals surface area contributed by atoms with Crippen LogP contribution in [0.5, 0.6) is 0 Å². The molecule has 4 nitrogen and oxygen atoms in total. The molecule has 2 aromatic rings. The van der Waals surface area contributed by atoms with E-state index in [4.69, 9.17) is 4.74 Å². The van der Waals surface area contributed by atoms with Crippen molar-refractivity contribution in [3.63, 3.8) is 0 Å². The quantitative estimate of drug-likeness (QED) is 0.882. The van der Waals surface area contributed by atoms with Crippen molar-refractivity contribution in [2.24, 2.45) is 0 Å². The molecule has 3 heterocycles. The summed E-state index contributed by atoms with van der Waals surface area (Å²) >= 11 is 0. The Kier molecular flexibility index (Phi) is 2.81. The van der Waals surface area contributed by atoms with Crippen LogP contribution in [0.25, 0.3) is 11.2 Å². The Morgan fingerprint density at radius 1 is 1.53 bits per heavy atom. The van der Waals surface area contributed by atoms with Gasteiger partial charge in [-0.15, -0.1) is 0 Å². The summed E-state index contributed by atoms with van der Waals surface area (Å²) in [6.07, 6.45) is 6.67. The van der Waals surface area contributed by atoms with Crippen LogP contribution in [-0.4, -0.2) is 27.7 Å². The lowest BCUT2D eigenvalue weighted by Crippen LogP contribution is -2.06. The van der Waals surface area contributed by atoms with Crippen LogP contribution in [0, 0.1) is 6.92 Å². The molecule has 1 aliphatic rings. The minimum absolute atomic E-state index is 0.429. The highest BCUT2D eigenvalue weighted by atomic mass is 16.5. The van der Waals surface area contributed by atoms with Gasteiger partial charge in [0.2, 0.25) is 0 Å². The van der Waals surface area contributed by atoms with Gasteiger partial charge in [0.15, 0.2) is 5.65 Å². The molecular weight excluding hydrogens is 214 g/mol. The Balaban J connectivity index is 1.72. The molecule has 17 heavy (non-hydrogen) atoms. The molecule has 0 aromatic carbocycles. The first-order chi connectivity index (χ1) is 8.31. The van der Waals surface area contributed by atoms with Crippen LogP contribution in [0.1, 0.15) is 30.7 Å². The Morgan fingerprint density at radius 2 is 2.47 bits per heavy atom. The van der Waals surface area contributed by atoms with E-state index in [0.717, 1.165) is 42.0 Å². The Labute approximate surface area is 100 Å². The van der Waals surface area contributed by atoms with Gasteiger partial charge in [-0.1, -0.05) is 0 Å². The van der Waals surface area contributed by atoms with Gasteiger partial charge in [-0.3, -0.25) is 0 Å². The first kappa shape index (κ1) is 10.7. The number of fused-ring (bicyclic) bond motifs is 1. The summed E-state index contributed by atoms with van der Waals surface area (Å²) in [6.45, 7) is 2.96. The third-order valence-electron chi connectivity index (χ3n) is 3.25. The van der Waals surface area contributed by atoms with Gasteiger partial charge in [-0.25, -0.2) is 9.97 Å². The standard InChI is InChI=1S/C13H17N3O/c1-9-7-11-13(14-8-9)16-12(15-11)5-4-10-3-2-6-17-10/h7-8,10H,2-6H2,1H3,(H,14,15,16).